The fourth-order valence-electron chi connectivity index (χ4n) is 2.14. The predicted octanol–water partition coefficient (Wildman–Crippen LogP) is 0.518. The first-order valence-corrected chi connectivity index (χ1v) is 7.54. The molecule has 0 fully saturated rings. The minimum Gasteiger partial charge on any atom is -0.480 e. The number of rotatable bonds is 8. The summed E-state index contributed by atoms with van der Waals surface area (Å²) in [5.41, 5.74) is 0. The van der Waals surface area contributed by atoms with E-state index in [1.807, 2.05) is 6.92 Å². The molecule has 0 spiro atoms. The maximum Gasteiger partial charge on any atom is 0.326 e. The van der Waals surface area contributed by atoms with E-state index in [9.17, 15) is 19.5 Å². The van der Waals surface area contributed by atoms with Crippen LogP contribution < -0.4 is 5.32 Å². The van der Waals surface area contributed by atoms with Crippen LogP contribution in [0.15, 0.2) is 18.5 Å². The van der Waals surface area contributed by atoms with Gasteiger partial charge in [-0.3, -0.25) is 14.3 Å². The average molecular weight is 324 g/mol. The van der Waals surface area contributed by atoms with Gasteiger partial charge in [0.05, 0.1) is 6.54 Å². The largest absolute Gasteiger partial charge is 0.480 e. The van der Waals surface area contributed by atoms with E-state index in [-0.39, 0.29) is 18.4 Å². The van der Waals surface area contributed by atoms with Crippen molar-refractivity contribution in [2.45, 2.75) is 39.3 Å². The van der Waals surface area contributed by atoms with Crippen LogP contribution in [0.5, 0.6) is 0 Å². The highest BCUT2D eigenvalue weighted by atomic mass is 16.4. The summed E-state index contributed by atoms with van der Waals surface area (Å²) in [5.74, 6) is -2.05. The average Bonchev–Trinajstić information content (AvgIpc) is 3.04. The first kappa shape index (κ1) is 18.7. The summed E-state index contributed by atoms with van der Waals surface area (Å²) >= 11 is 0. The standard InChI is InChI=1S/C15H24N4O4/c1-5-10(2)13(15(22)23)17-12(20)9-18(4)14(21)11(3)19-8-6-7-16-19/h6-8,10-11,13H,5,9H2,1-4H3,(H,17,20)(H,22,23)/t10-,11?,13-/m0/s1. The van der Waals surface area contributed by atoms with Gasteiger partial charge in [-0.05, 0) is 18.9 Å². The maximum absolute atomic E-state index is 12.3. The molecule has 2 amide bonds. The number of hydrogen-bond donors (Lipinski definition) is 2. The molecule has 0 aliphatic heterocycles. The van der Waals surface area contributed by atoms with Crippen LogP contribution in [0.3, 0.4) is 0 Å². The van der Waals surface area contributed by atoms with Gasteiger partial charge in [-0.25, -0.2) is 4.79 Å². The molecule has 1 heterocycles. The van der Waals surface area contributed by atoms with Crippen molar-refractivity contribution in [1.82, 2.24) is 20.0 Å². The number of nitrogens with zero attached hydrogens (tertiary/aromatic N) is 3. The number of aromatic nitrogens is 2. The predicted molar refractivity (Wildman–Crippen MR) is 83.6 cm³/mol. The molecule has 0 aromatic carbocycles. The van der Waals surface area contributed by atoms with E-state index in [2.05, 4.69) is 10.4 Å². The minimum atomic E-state index is -1.08. The van der Waals surface area contributed by atoms with Gasteiger partial charge in [0.1, 0.15) is 12.1 Å². The highest BCUT2D eigenvalue weighted by molar-refractivity contribution is 5.88. The summed E-state index contributed by atoms with van der Waals surface area (Å²) in [6, 6.07) is 0.215. The number of carboxylic acid groups (broad SMARTS) is 1. The van der Waals surface area contributed by atoms with Gasteiger partial charge in [-0.15, -0.1) is 0 Å². The Labute approximate surface area is 135 Å². The number of amides is 2. The van der Waals surface area contributed by atoms with Gasteiger partial charge in [0, 0.05) is 19.4 Å². The molecule has 8 heteroatoms. The van der Waals surface area contributed by atoms with E-state index in [4.69, 9.17) is 0 Å². The number of carbonyl (C=O) groups is 3. The van der Waals surface area contributed by atoms with Crippen LogP contribution in [0.4, 0.5) is 0 Å². The SMILES string of the molecule is CC[C@H](C)[C@H](NC(=O)CN(C)C(=O)C(C)n1cccn1)C(=O)O. The molecular weight excluding hydrogens is 300 g/mol. The topological polar surface area (TPSA) is 105 Å². The van der Waals surface area contributed by atoms with Crippen LogP contribution >= 0.6 is 0 Å². The van der Waals surface area contributed by atoms with Gasteiger partial charge in [-0.2, -0.15) is 5.10 Å². The van der Waals surface area contributed by atoms with Gasteiger partial charge >= 0.3 is 5.97 Å². The monoisotopic (exact) mass is 324 g/mol. The van der Waals surface area contributed by atoms with Crippen molar-refractivity contribution in [3.63, 3.8) is 0 Å². The number of hydrogen-bond acceptors (Lipinski definition) is 4. The molecule has 0 saturated heterocycles. The number of carbonyl (C=O) groups excluding carboxylic acids is 2. The minimum absolute atomic E-state index is 0.194. The molecule has 1 aromatic heterocycles. The third-order valence-electron chi connectivity index (χ3n) is 3.83. The maximum atomic E-state index is 12.3. The molecule has 0 saturated carbocycles. The molecule has 1 unspecified atom stereocenters. The lowest BCUT2D eigenvalue weighted by Gasteiger charge is -2.24. The van der Waals surface area contributed by atoms with E-state index in [0.717, 1.165) is 0 Å². The van der Waals surface area contributed by atoms with Crippen molar-refractivity contribution < 1.29 is 19.5 Å². The molecule has 0 aliphatic carbocycles. The summed E-state index contributed by atoms with van der Waals surface area (Å²) in [6.45, 7) is 5.09. The second kappa shape index (κ2) is 8.30. The Morgan fingerprint density at radius 3 is 2.48 bits per heavy atom. The molecule has 2 N–H and O–H groups in total. The molecule has 0 aliphatic rings. The van der Waals surface area contributed by atoms with E-state index in [1.54, 1.807) is 32.3 Å². The van der Waals surface area contributed by atoms with Gasteiger partial charge < -0.3 is 15.3 Å². The van der Waals surface area contributed by atoms with Crippen LogP contribution in [0.25, 0.3) is 0 Å². The number of nitrogens with one attached hydrogen (secondary N) is 1. The molecule has 1 rings (SSSR count). The number of likely N-dealkylation sites (N-methyl/N-ethyl adjacent to an activating group) is 1. The zero-order valence-electron chi connectivity index (χ0n) is 13.9. The molecule has 3 atom stereocenters. The van der Waals surface area contributed by atoms with Crippen LogP contribution in [-0.4, -0.2) is 57.2 Å². The summed E-state index contributed by atoms with van der Waals surface area (Å²) in [6.07, 6.45) is 3.86. The quantitative estimate of drug-likeness (QED) is 0.725. The van der Waals surface area contributed by atoms with Gasteiger partial charge in [0.25, 0.3) is 0 Å². The first-order valence-electron chi connectivity index (χ1n) is 7.54. The van der Waals surface area contributed by atoms with Crippen molar-refractivity contribution in [2.24, 2.45) is 5.92 Å². The third kappa shape index (κ3) is 5.08. The van der Waals surface area contributed by atoms with Crippen molar-refractivity contribution in [3.05, 3.63) is 18.5 Å². The highest BCUT2D eigenvalue weighted by Gasteiger charge is 2.27. The fourth-order valence-corrected chi connectivity index (χ4v) is 2.14. The van der Waals surface area contributed by atoms with Crippen molar-refractivity contribution in [1.29, 1.82) is 0 Å². The van der Waals surface area contributed by atoms with Gasteiger partial charge in [0.15, 0.2) is 0 Å². The van der Waals surface area contributed by atoms with Crippen LogP contribution in [-0.2, 0) is 14.4 Å². The van der Waals surface area contributed by atoms with Gasteiger partial charge in [0.2, 0.25) is 11.8 Å². The second-order valence-corrected chi connectivity index (χ2v) is 5.63. The van der Waals surface area contributed by atoms with Crippen LogP contribution in [0, 0.1) is 5.92 Å². The molecule has 0 bridgehead atoms. The Hall–Kier alpha value is -2.38. The summed E-state index contributed by atoms with van der Waals surface area (Å²) in [7, 11) is 1.50. The van der Waals surface area contributed by atoms with Crippen LogP contribution in [0.2, 0.25) is 0 Å². The lowest BCUT2D eigenvalue weighted by Crippen LogP contribution is -2.49. The smallest absolute Gasteiger partial charge is 0.326 e. The Balaban J connectivity index is 2.62. The lowest BCUT2D eigenvalue weighted by molar-refractivity contribution is -0.144. The van der Waals surface area contributed by atoms with Crippen LogP contribution in [0.1, 0.15) is 33.2 Å². The van der Waals surface area contributed by atoms with Crippen molar-refractivity contribution in [3.8, 4) is 0 Å². The van der Waals surface area contributed by atoms with E-state index in [0.29, 0.717) is 6.42 Å². The molecule has 128 valence electrons. The van der Waals surface area contributed by atoms with E-state index in [1.165, 1.54) is 16.6 Å². The lowest BCUT2D eigenvalue weighted by atomic mass is 9.99. The Kier molecular flexibility index (Phi) is 6.74. The second-order valence-electron chi connectivity index (χ2n) is 5.63. The molecule has 8 nitrogen and oxygen atoms in total. The Morgan fingerprint density at radius 1 is 1.35 bits per heavy atom. The van der Waals surface area contributed by atoms with E-state index >= 15 is 0 Å². The van der Waals surface area contributed by atoms with Gasteiger partial charge in [-0.1, -0.05) is 20.3 Å². The Morgan fingerprint density at radius 2 is 2.00 bits per heavy atom. The Bertz CT molecular complexity index is 544. The molecular formula is C15H24N4O4. The molecule has 1 aromatic rings. The molecule has 0 radical (unpaired) electrons. The normalized spacial score (nSPS) is 14.6. The summed E-state index contributed by atoms with van der Waals surface area (Å²) < 4.78 is 1.50. The number of aliphatic carboxylic acids is 1. The zero-order chi connectivity index (χ0) is 17.6. The molecule has 23 heavy (non-hydrogen) atoms. The van der Waals surface area contributed by atoms with E-state index < -0.39 is 24.0 Å². The highest BCUT2D eigenvalue weighted by Crippen LogP contribution is 2.09. The third-order valence-corrected chi connectivity index (χ3v) is 3.83. The summed E-state index contributed by atoms with van der Waals surface area (Å²) in [5, 5.41) is 15.6. The first-order chi connectivity index (χ1) is 10.8. The zero-order valence-corrected chi connectivity index (χ0v) is 13.9. The summed E-state index contributed by atoms with van der Waals surface area (Å²) in [4.78, 5) is 36.7. The van der Waals surface area contributed by atoms with Crippen molar-refractivity contribution >= 4 is 17.8 Å². The van der Waals surface area contributed by atoms with Crippen molar-refractivity contribution in [2.75, 3.05) is 13.6 Å². The fraction of sp³-hybridized carbons (Fsp3) is 0.600. The number of carboxylic acids is 1.